The van der Waals surface area contributed by atoms with E-state index in [1.807, 2.05) is 17.5 Å². The molecule has 0 atom stereocenters. The number of hydrogen-bond donors (Lipinski definition) is 1. The third-order valence-electron chi connectivity index (χ3n) is 3.32. The lowest BCUT2D eigenvalue weighted by Gasteiger charge is -2.21. The first-order valence-electron chi connectivity index (χ1n) is 6.43. The normalized spacial score (nSPS) is 15.9. The molecule has 1 aliphatic carbocycles. The van der Waals surface area contributed by atoms with Crippen molar-refractivity contribution in [2.45, 2.75) is 36.9 Å². The van der Waals surface area contributed by atoms with E-state index in [4.69, 9.17) is 5.73 Å². The highest BCUT2D eigenvalue weighted by Crippen LogP contribution is 2.36. The van der Waals surface area contributed by atoms with E-state index < -0.39 is 10.0 Å². The summed E-state index contributed by atoms with van der Waals surface area (Å²) in [6, 6.07) is 5.75. The van der Waals surface area contributed by atoms with Crippen molar-refractivity contribution in [1.82, 2.24) is 4.31 Å². The molecule has 2 heterocycles. The minimum atomic E-state index is -3.44. The van der Waals surface area contributed by atoms with Gasteiger partial charge in [0.2, 0.25) is 10.0 Å². The molecule has 2 aromatic heterocycles. The van der Waals surface area contributed by atoms with E-state index >= 15 is 0 Å². The fourth-order valence-corrected chi connectivity index (χ4v) is 5.92. The molecule has 0 radical (unpaired) electrons. The first kappa shape index (κ1) is 14.2. The Morgan fingerprint density at radius 3 is 2.65 bits per heavy atom. The molecule has 1 aliphatic rings. The second-order valence-corrected chi connectivity index (χ2v) is 8.66. The molecule has 2 N–H and O–H groups in total. The number of nitrogens with two attached hydrogens (primary N) is 1. The summed E-state index contributed by atoms with van der Waals surface area (Å²) in [7, 11) is -3.44. The molecule has 7 heteroatoms. The van der Waals surface area contributed by atoms with E-state index in [0.29, 0.717) is 11.4 Å². The molecule has 3 rings (SSSR count). The van der Waals surface area contributed by atoms with Gasteiger partial charge < -0.3 is 5.73 Å². The Morgan fingerprint density at radius 1 is 1.25 bits per heavy atom. The summed E-state index contributed by atoms with van der Waals surface area (Å²) in [6.45, 7) is 0.730. The average molecular weight is 328 g/mol. The Balaban J connectivity index is 1.94. The molecular weight excluding hydrogens is 312 g/mol. The van der Waals surface area contributed by atoms with Crippen molar-refractivity contribution in [3.8, 4) is 0 Å². The highest BCUT2D eigenvalue weighted by Gasteiger charge is 2.39. The van der Waals surface area contributed by atoms with Crippen molar-refractivity contribution in [1.29, 1.82) is 0 Å². The molecule has 0 bridgehead atoms. The monoisotopic (exact) mass is 328 g/mol. The zero-order valence-electron chi connectivity index (χ0n) is 10.9. The first-order valence-corrected chi connectivity index (χ1v) is 9.63. The van der Waals surface area contributed by atoms with Crippen LogP contribution >= 0.6 is 22.7 Å². The van der Waals surface area contributed by atoms with Gasteiger partial charge in [-0.15, -0.1) is 22.7 Å². The summed E-state index contributed by atoms with van der Waals surface area (Å²) in [5.74, 6) is 0. The highest BCUT2D eigenvalue weighted by atomic mass is 32.2. The maximum atomic E-state index is 12.9. The van der Waals surface area contributed by atoms with Crippen molar-refractivity contribution >= 4 is 32.7 Å². The Hall–Kier alpha value is -0.730. The molecule has 0 amide bonds. The molecule has 0 saturated heterocycles. The summed E-state index contributed by atoms with van der Waals surface area (Å²) in [5, 5.41) is 3.77. The SMILES string of the molecule is NCc1sccc1S(=O)(=O)N(Cc1cccs1)C1CC1. The fourth-order valence-electron chi connectivity index (χ4n) is 2.16. The fraction of sp³-hybridized carbons (Fsp3) is 0.385. The molecule has 1 fully saturated rings. The molecule has 1 saturated carbocycles. The summed E-state index contributed by atoms with van der Waals surface area (Å²) in [6.07, 6.45) is 1.90. The first-order chi connectivity index (χ1) is 9.63. The van der Waals surface area contributed by atoms with Crippen LogP contribution in [0.5, 0.6) is 0 Å². The predicted octanol–water partition coefficient (Wildman–Crippen LogP) is 2.62. The topological polar surface area (TPSA) is 63.4 Å². The van der Waals surface area contributed by atoms with E-state index in [9.17, 15) is 8.42 Å². The van der Waals surface area contributed by atoms with Crippen molar-refractivity contribution in [2.24, 2.45) is 5.73 Å². The van der Waals surface area contributed by atoms with Crippen molar-refractivity contribution in [2.75, 3.05) is 0 Å². The van der Waals surface area contributed by atoms with Crippen LogP contribution in [0.1, 0.15) is 22.6 Å². The molecule has 108 valence electrons. The molecule has 0 unspecified atom stereocenters. The Morgan fingerprint density at radius 2 is 2.05 bits per heavy atom. The summed E-state index contributed by atoms with van der Waals surface area (Å²) >= 11 is 3.00. The molecule has 0 aliphatic heterocycles. The number of nitrogens with zero attached hydrogens (tertiary/aromatic N) is 1. The van der Waals surface area contributed by atoms with Gasteiger partial charge >= 0.3 is 0 Å². The second kappa shape index (κ2) is 5.57. The highest BCUT2D eigenvalue weighted by molar-refractivity contribution is 7.89. The van der Waals surface area contributed by atoms with Gasteiger partial charge in [-0.2, -0.15) is 4.31 Å². The van der Waals surface area contributed by atoms with Gasteiger partial charge in [0.15, 0.2) is 0 Å². The van der Waals surface area contributed by atoms with Gasteiger partial charge in [0.1, 0.15) is 0 Å². The van der Waals surface area contributed by atoms with E-state index in [2.05, 4.69) is 0 Å². The lowest BCUT2D eigenvalue weighted by Crippen LogP contribution is -2.32. The second-order valence-electron chi connectivity index (χ2n) is 4.77. The van der Waals surface area contributed by atoms with Gasteiger partial charge in [0.05, 0.1) is 4.90 Å². The number of hydrogen-bond acceptors (Lipinski definition) is 5. The van der Waals surface area contributed by atoms with Crippen LogP contribution in [0.2, 0.25) is 0 Å². The Labute approximate surface area is 126 Å². The summed E-state index contributed by atoms with van der Waals surface area (Å²) in [4.78, 5) is 2.19. The van der Waals surface area contributed by atoms with E-state index in [0.717, 1.165) is 22.6 Å². The minimum absolute atomic E-state index is 0.146. The maximum Gasteiger partial charge on any atom is 0.244 e. The van der Waals surface area contributed by atoms with Gasteiger partial charge in [-0.3, -0.25) is 0 Å². The third kappa shape index (κ3) is 2.68. The number of sulfonamides is 1. The van der Waals surface area contributed by atoms with Crippen LogP contribution in [-0.4, -0.2) is 18.8 Å². The number of rotatable bonds is 6. The third-order valence-corrected chi connectivity index (χ3v) is 7.24. The van der Waals surface area contributed by atoms with Crippen LogP contribution in [-0.2, 0) is 23.1 Å². The quantitative estimate of drug-likeness (QED) is 0.886. The lowest BCUT2D eigenvalue weighted by atomic mass is 10.4. The van der Waals surface area contributed by atoms with Crippen LogP contribution < -0.4 is 5.73 Å². The van der Waals surface area contributed by atoms with Crippen LogP contribution in [0.3, 0.4) is 0 Å². The molecule has 2 aromatic rings. The van der Waals surface area contributed by atoms with Gasteiger partial charge in [-0.25, -0.2) is 8.42 Å². The van der Waals surface area contributed by atoms with Crippen molar-refractivity contribution in [3.63, 3.8) is 0 Å². The zero-order chi connectivity index (χ0) is 14.2. The molecule has 0 aromatic carbocycles. The number of thiophene rings is 2. The minimum Gasteiger partial charge on any atom is -0.326 e. The summed E-state index contributed by atoms with van der Waals surface area (Å²) < 4.78 is 27.4. The lowest BCUT2D eigenvalue weighted by molar-refractivity contribution is 0.401. The Bertz CT molecular complexity index is 672. The largest absolute Gasteiger partial charge is 0.326 e. The molecule has 0 spiro atoms. The molecular formula is C13H16N2O2S3. The van der Waals surface area contributed by atoms with Crippen LogP contribution in [0.4, 0.5) is 0 Å². The van der Waals surface area contributed by atoms with E-state index in [1.54, 1.807) is 27.1 Å². The van der Waals surface area contributed by atoms with Crippen LogP contribution in [0.25, 0.3) is 0 Å². The Kier molecular flexibility index (Phi) is 3.96. The zero-order valence-corrected chi connectivity index (χ0v) is 13.3. The molecule has 20 heavy (non-hydrogen) atoms. The standard InChI is InChI=1S/C13H16N2O2S3/c14-8-12-13(5-7-19-12)20(16,17)15(10-3-4-10)9-11-2-1-6-18-11/h1-2,5-7,10H,3-4,8-9,14H2. The molecule has 4 nitrogen and oxygen atoms in total. The average Bonchev–Trinajstić information content (AvgIpc) is 2.95. The van der Waals surface area contributed by atoms with Crippen LogP contribution in [0, 0.1) is 0 Å². The summed E-state index contributed by atoms with van der Waals surface area (Å²) in [5.41, 5.74) is 5.65. The maximum absolute atomic E-state index is 12.9. The van der Waals surface area contributed by atoms with Crippen molar-refractivity contribution < 1.29 is 8.42 Å². The van der Waals surface area contributed by atoms with E-state index in [1.165, 1.54) is 11.3 Å². The predicted molar refractivity (Wildman–Crippen MR) is 82.3 cm³/mol. The van der Waals surface area contributed by atoms with Crippen molar-refractivity contribution in [3.05, 3.63) is 38.7 Å². The van der Waals surface area contributed by atoms with Gasteiger partial charge in [0, 0.05) is 28.9 Å². The van der Waals surface area contributed by atoms with E-state index in [-0.39, 0.29) is 12.6 Å². The van der Waals surface area contributed by atoms with Crippen LogP contribution in [0.15, 0.2) is 33.9 Å². The van der Waals surface area contributed by atoms with Gasteiger partial charge in [-0.1, -0.05) is 6.07 Å². The smallest absolute Gasteiger partial charge is 0.244 e. The van der Waals surface area contributed by atoms with Gasteiger partial charge in [-0.05, 0) is 35.7 Å². The van der Waals surface area contributed by atoms with Gasteiger partial charge in [0.25, 0.3) is 0 Å².